The molecule has 0 aliphatic heterocycles. The summed E-state index contributed by atoms with van der Waals surface area (Å²) in [5.74, 6) is 0. The van der Waals surface area contributed by atoms with Gasteiger partial charge in [0.25, 0.3) is 0 Å². The van der Waals surface area contributed by atoms with Crippen molar-refractivity contribution < 1.29 is 0 Å². The molecule has 0 fully saturated rings. The summed E-state index contributed by atoms with van der Waals surface area (Å²) in [6.07, 6.45) is 18.3. The van der Waals surface area contributed by atoms with E-state index in [1.807, 2.05) is 43.5 Å². The number of aromatic nitrogens is 3. The van der Waals surface area contributed by atoms with Gasteiger partial charge in [0.2, 0.25) is 0 Å². The van der Waals surface area contributed by atoms with Crippen LogP contribution in [0.5, 0.6) is 0 Å². The lowest BCUT2D eigenvalue weighted by Crippen LogP contribution is -2.03. The zero-order valence-electron chi connectivity index (χ0n) is 19.1. The lowest BCUT2D eigenvalue weighted by atomic mass is 10.1. The maximum absolute atomic E-state index is 6.55. The molecule has 0 saturated heterocycles. The molecule has 0 spiro atoms. The van der Waals surface area contributed by atoms with Crippen LogP contribution in [0.3, 0.4) is 0 Å². The van der Waals surface area contributed by atoms with Crippen LogP contribution in [0.15, 0.2) is 92.1 Å². The second-order valence-electron chi connectivity index (χ2n) is 7.89. The molecule has 3 aromatic heterocycles. The van der Waals surface area contributed by atoms with Gasteiger partial charge < -0.3 is 10.3 Å². The standard InChI is InChI=1S/C29H28N4/c1-4-8-28-25(5-2)26-17-21(3)11-14-29(26)33(28)24(13-12-22-9-6-15-31-19-22)18-27(30)23-10-7-16-32-20-23/h4-11,13-20H,2,12,30H2,1,3H3/b8-4-,24-13+,27-18-. The first-order chi connectivity index (χ1) is 16.1. The van der Waals surface area contributed by atoms with E-state index in [1.165, 1.54) is 10.9 Å². The highest BCUT2D eigenvalue weighted by Gasteiger charge is 2.16. The minimum atomic E-state index is 0.654. The van der Waals surface area contributed by atoms with Crippen LogP contribution in [0.4, 0.5) is 0 Å². The van der Waals surface area contributed by atoms with Crippen LogP contribution in [0.1, 0.15) is 34.9 Å². The summed E-state index contributed by atoms with van der Waals surface area (Å²) in [5, 5.41) is 1.17. The van der Waals surface area contributed by atoms with Gasteiger partial charge in [0, 0.05) is 52.7 Å². The first-order valence-corrected chi connectivity index (χ1v) is 11.0. The third-order valence-electron chi connectivity index (χ3n) is 5.55. The molecule has 0 amide bonds. The molecule has 1 aromatic carbocycles. The fourth-order valence-electron chi connectivity index (χ4n) is 4.00. The maximum Gasteiger partial charge on any atom is 0.0541 e. The van der Waals surface area contributed by atoms with Gasteiger partial charge in [0.15, 0.2) is 0 Å². The second kappa shape index (κ2) is 9.96. The normalized spacial score (nSPS) is 12.5. The Kier molecular flexibility index (Phi) is 6.65. The van der Waals surface area contributed by atoms with Gasteiger partial charge in [-0.1, -0.05) is 42.5 Å². The van der Waals surface area contributed by atoms with E-state index in [2.05, 4.69) is 70.5 Å². The van der Waals surface area contributed by atoms with E-state index in [1.54, 1.807) is 18.6 Å². The zero-order valence-corrected chi connectivity index (χ0v) is 19.1. The number of aryl methyl sites for hydroxylation is 1. The van der Waals surface area contributed by atoms with E-state index >= 15 is 0 Å². The third kappa shape index (κ3) is 4.70. The summed E-state index contributed by atoms with van der Waals surface area (Å²) in [5.41, 5.74) is 14.7. The highest BCUT2D eigenvalue weighted by molar-refractivity contribution is 5.98. The van der Waals surface area contributed by atoms with E-state index in [0.29, 0.717) is 5.70 Å². The van der Waals surface area contributed by atoms with Crippen molar-refractivity contribution >= 4 is 34.4 Å². The molecule has 164 valence electrons. The van der Waals surface area contributed by atoms with E-state index in [0.717, 1.165) is 40.0 Å². The summed E-state index contributed by atoms with van der Waals surface area (Å²) in [6, 6.07) is 14.4. The fourth-order valence-corrected chi connectivity index (χ4v) is 4.00. The average Bonchev–Trinajstić information content (AvgIpc) is 3.15. The van der Waals surface area contributed by atoms with Gasteiger partial charge in [-0.05, 0) is 68.3 Å². The molecule has 4 rings (SSSR count). The number of allylic oxidation sites excluding steroid dienone is 4. The largest absolute Gasteiger partial charge is 0.398 e. The van der Waals surface area contributed by atoms with Crippen LogP contribution in [0.2, 0.25) is 0 Å². The Morgan fingerprint density at radius 3 is 2.55 bits per heavy atom. The fraction of sp³-hybridized carbons (Fsp3) is 0.103. The summed E-state index contributed by atoms with van der Waals surface area (Å²) in [4.78, 5) is 8.48. The number of benzene rings is 1. The Hall–Kier alpha value is -4.18. The van der Waals surface area contributed by atoms with Crippen molar-refractivity contribution in [2.45, 2.75) is 20.3 Å². The highest BCUT2D eigenvalue weighted by atomic mass is 15.0. The maximum atomic E-state index is 6.55. The summed E-state index contributed by atoms with van der Waals surface area (Å²) in [6.45, 7) is 8.24. The van der Waals surface area contributed by atoms with Gasteiger partial charge in [0.1, 0.15) is 0 Å². The van der Waals surface area contributed by atoms with Crippen LogP contribution in [-0.4, -0.2) is 14.5 Å². The topological polar surface area (TPSA) is 56.7 Å². The number of fused-ring (bicyclic) bond motifs is 1. The first kappa shape index (κ1) is 22.0. The average molecular weight is 433 g/mol. The SMILES string of the molecule is C=Cc1c(/C=C\C)n(C(/C=C(\N)c2cccnc2)=C/Cc2cccnc2)c2ccc(C)cc12. The number of nitrogens with two attached hydrogens (primary N) is 1. The van der Waals surface area contributed by atoms with Gasteiger partial charge in [-0.2, -0.15) is 0 Å². The number of hydrogen-bond acceptors (Lipinski definition) is 3. The minimum Gasteiger partial charge on any atom is -0.398 e. The van der Waals surface area contributed by atoms with Gasteiger partial charge in [-0.3, -0.25) is 9.97 Å². The molecule has 0 bridgehead atoms. The van der Waals surface area contributed by atoms with E-state index in [9.17, 15) is 0 Å². The first-order valence-electron chi connectivity index (χ1n) is 11.0. The van der Waals surface area contributed by atoms with Gasteiger partial charge in [0.05, 0.1) is 11.2 Å². The van der Waals surface area contributed by atoms with E-state index in [4.69, 9.17) is 5.73 Å². The van der Waals surface area contributed by atoms with Gasteiger partial charge in [-0.25, -0.2) is 0 Å². The quantitative estimate of drug-likeness (QED) is 0.339. The number of hydrogen-bond donors (Lipinski definition) is 1. The van der Waals surface area contributed by atoms with Crippen molar-refractivity contribution in [1.82, 2.24) is 14.5 Å². The molecule has 2 N–H and O–H groups in total. The summed E-state index contributed by atoms with van der Waals surface area (Å²) >= 11 is 0. The Morgan fingerprint density at radius 1 is 1.09 bits per heavy atom. The molecule has 33 heavy (non-hydrogen) atoms. The molecular weight excluding hydrogens is 404 g/mol. The molecule has 4 aromatic rings. The van der Waals surface area contributed by atoms with Crippen molar-refractivity contribution in [1.29, 1.82) is 0 Å². The summed E-state index contributed by atoms with van der Waals surface area (Å²) < 4.78 is 2.26. The Balaban J connectivity index is 1.97. The Morgan fingerprint density at radius 2 is 1.88 bits per heavy atom. The summed E-state index contributed by atoms with van der Waals surface area (Å²) in [7, 11) is 0. The molecule has 0 aliphatic rings. The molecule has 3 heterocycles. The molecule has 4 nitrogen and oxygen atoms in total. The van der Waals surface area contributed by atoms with Crippen LogP contribution in [0, 0.1) is 6.92 Å². The zero-order chi connectivity index (χ0) is 23.2. The molecule has 0 saturated carbocycles. The Labute approximate surface area is 195 Å². The van der Waals surface area contributed by atoms with Crippen LogP contribution in [-0.2, 0) is 6.42 Å². The van der Waals surface area contributed by atoms with E-state index < -0.39 is 0 Å². The molecule has 0 radical (unpaired) electrons. The van der Waals surface area contributed by atoms with Crippen LogP contribution < -0.4 is 5.73 Å². The predicted molar refractivity (Wildman–Crippen MR) is 140 cm³/mol. The van der Waals surface area contributed by atoms with Crippen molar-refractivity contribution in [2.24, 2.45) is 5.73 Å². The molecule has 0 aliphatic carbocycles. The predicted octanol–water partition coefficient (Wildman–Crippen LogP) is 6.50. The van der Waals surface area contributed by atoms with Crippen molar-refractivity contribution in [3.63, 3.8) is 0 Å². The van der Waals surface area contributed by atoms with Crippen molar-refractivity contribution in [3.8, 4) is 0 Å². The van der Waals surface area contributed by atoms with Crippen molar-refractivity contribution in [2.75, 3.05) is 0 Å². The van der Waals surface area contributed by atoms with Crippen LogP contribution >= 0.6 is 0 Å². The highest BCUT2D eigenvalue weighted by Crippen LogP contribution is 2.33. The molecule has 0 atom stereocenters. The number of pyridine rings is 2. The van der Waals surface area contributed by atoms with Gasteiger partial charge >= 0.3 is 0 Å². The van der Waals surface area contributed by atoms with Gasteiger partial charge in [-0.15, -0.1) is 0 Å². The van der Waals surface area contributed by atoms with Crippen molar-refractivity contribution in [3.05, 3.63) is 120 Å². The number of nitrogens with zero attached hydrogens (tertiary/aromatic N) is 3. The monoisotopic (exact) mass is 432 g/mol. The van der Waals surface area contributed by atoms with Crippen LogP contribution in [0.25, 0.3) is 34.4 Å². The molecule has 4 heteroatoms. The van der Waals surface area contributed by atoms with E-state index in [-0.39, 0.29) is 0 Å². The third-order valence-corrected chi connectivity index (χ3v) is 5.55. The lowest BCUT2D eigenvalue weighted by Gasteiger charge is -2.13. The minimum absolute atomic E-state index is 0.654. The second-order valence-corrected chi connectivity index (χ2v) is 7.89. The molecule has 0 unspecified atom stereocenters. The lowest BCUT2D eigenvalue weighted by molar-refractivity contribution is 1.12. The molecular formula is C29H28N4. The Bertz CT molecular complexity index is 1360. The number of rotatable bonds is 7. The smallest absolute Gasteiger partial charge is 0.0541 e.